The zero-order valence-corrected chi connectivity index (χ0v) is 12.6. The molecule has 0 aliphatic carbocycles. The molecule has 0 bridgehead atoms. The summed E-state index contributed by atoms with van der Waals surface area (Å²) in [6.45, 7) is 2.24. The normalized spacial score (nSPS) is 15.6. The highest BCUT2D eigenvalue weighted by atomic mass is 28.3. The lowest BCUT2D eigenvalue weighted by molar-refractivity contribution is -0.0471. The van der Waals surface area contributed by atoms with Gasteiger partial charge in [0.1, 0.15) is 11.8 Å². The van der Waals surface area contributed by atoms with Crippen LogP contribution in [0.4, 0.5) is 0 Å². The molecule has 0 spiro atoms. The number of methoxy groups -OCH3 is 4. The second kappa shape index (κ2) is 8.57. The molecule has 0 fully saturated rings. The molecule has 0 aliphatic rings. The SMILES string of the molecule is COC(OC)[SiH2]C(C)[SiH2]C(OC)OC. The third-order valence-corrected chi connectivity index (χ3v) is 7.95. The van der Waals surface area contributed by atoms with E-state index >= 15 is 0 Å². The predicted molar refractivity (Wildman–Crippen MR) is 62.1 cm³/mol. The lowest BCUT2D eigenvalue weighted by atomic mass is 10.9. The van der Waals surface area contributed by atoms with Crippen LogP contribution in [0.5, 0.6) is 0 Å². The monoisotopic (exact) mass is 238 g/mol. The Morgan fingerprint density at radius 3 is 1.21 bits per heavy atom. The van der Waals surface area contributed by atoms with E-state index in [1.807, 2.05) is 0 Å². The molecule has 0 saturated heterocycles. The van der Waals surface area contributed by atoms with Crippen molar-refractivity contribution in [3.8, 4) is 0 Å². The first kappa shape index (κ1) is 14.3. The van der Waals surface area contributed by atoms with Gasteiger partial charge in [-0.2, -0.15) is 0 Å². The van der Waals surface area contributed by atoms with E-state index < -0.39 is 0 Å². The number of hydrogen-bond donors (Lipinski definition) is 0. The number of hydrogen-bond acceptors (Lipinski definition) is 4. The van der Waals surface area contributed by atoms with Gasteiger partial charge in [-0.25, -0.2) is 0 Å². The minimum absolute atomic E-state index is 0.0341. The fourth-order valence-corrected chi connectivity index (χ4v) is 5.82. The molecule has 0 N–H and O–H groups in total. The summed E-state index contributed by atoms with van der Waals surface area (Å²) < 4.78 is 20.8. The summed E-state index contributed by atoms with van der Waals surface area (Å²) in [5.41, 5.74) is 0. The molecule has 4 nitrogen and oxygen atoms in total. The predicted octanol–water partition coefficient (Wildman–Crippen LogP) is -0.757. The van der Waals surface area contributed by atoms with Crippen molar-refractivity contribution in [2.24, 2.45) is 0 Å². The Kier molecular flexibility index (Phi) is 8.74. The second-order valence-electron chi connectivity index (χ2n) is 3.38. The summed E-state index contributed by atoms with van der Waals surface area (Å²) in [5.74, 6) is 0.0683. The maximum absolute atomic E-state index is 5.20. The first-order valence-corrected chi connectivity index (χ1v) is 8.05. The molecule has 86 valence electrons. The molecule has 0 aromatic heterocycles. The summed E-state index contributed by atoms with van der Waals surface area (Å²) in [4.78, 5) is 0. The molecule has 0 saturated carbocycles. The molecule has 14 heavy (non-hydrogen) atoms. The molecule has 0 aromatic rings. The van der Waals surface area contributed by atoms with Gasteiger partial charge in [-0.05, 0) is 0 Å². The van der Waals surface area contributed by atoms with E-state index in [-0.39, 0.29) is 30.9 Å². The van der Waals surface area contributed by atoms with Crippen LogP contribution in [-0.2, 0) is 18.9 Å². The summed E-state index contributed by atoms with van der Waals surface area (Å²) >= 11 is 0. The molecule has 0 rings (SSSR count). The molecule has 0 atom stereocenters. The van der Waals surface area contributed by atoms with Crippen molar-refractivity contribution in [1.29, 1.82) is 0 Å². The van der Waals surface area contributed by atoms with Crippen molar-refractivity contribution >= 4 is 19.0 Å². The van der Waals surface area contributed by atoms with E-state index in [4.69, 9.17) is 18.9 Å². The molecule has 0 unspecified atom stereocenters. The van der Waals surface area contributed by atoms with Gasteiger partial charge < -0.3 is 18.9 Å². The standard InChI is InChI=1S/C8H22O4Si2/c1-6(13-7(9-2)10-3)14-8(11-4)12-5/h6-8H,13-14H2,1-5H3. The molecular formula is C8H22O4Si2. The van der Waals surface area contributed by atoms with Crippen LogP contribution in [0.2, 0.25) is 5.16 Å². The molecule has 6 heteroatoms. The van der Waals surface area contributed by atoms with Gasteiger partial charge in [-0.1, -0.05) is 12.1 Å². The molecule has 0 radical (unpaired) electrons. The van der Waals surface area contributed by atoms with Gasteiger partial charge in [0.15, 0.2) is 0 Å². The van der Waals surface area contributed by atoms with Crippen LogP contribution in [0.1, 0.15) is 6.92 Å². The van der Waals surface area contributed by atoms with Crippen LogP contribution in [-0.4, -0.2) is 59.3 Å². The Bertz CT molecular complexity index is 115. The van der Waals surface area contributed by atoms with Crippen molar-refractivity contribution in [3.05, 3.63) is 0 Å². The van der Waals surface area contributed by atoms with E-state index in [1.54, 1.807) is 28.4 Å². The largest absolute Gasteiger partial charge is 0.360 e. The maximum Gasteiger partial charge on any atom is 0.134 e. The average Bonchev–Trinajstić information content (AvgIpc) is 2.22. The van der Waals surface area contributed by atoms with Crippen molar-refractivity contribution in [2.75, 3.05) is 28.4 Å². The lowest BCUT2D eigenvalue weighted by Gasteiger charge is -2.20. The zero-order valence-electron chi connectivity index (χ0n) is 9.78. The van der Waals surface area contributed by atoms with E-state index in [0.29, 0.717) is 5.16 Å². The van der Waals surface area contributed by atoms with Crippen molar-refractivity contribution in [1.82, 2.24) is 0 Å². The number of rotatable bonds is 8. The summed E-state index contributed by atoms with van der Waals surface area (Å²) in [7, 11) is 6.07. The van der Waals surface area contributed by atoms with Crippen molar-refractivity contribution < 1.29 is 18.9 Å². The third kappa shape index (κ3) is 5.89. The minimum atomic E-state index is -0.355. The fraction of sp³-hybridized carbons (Fsp3) is 1.00. The van der Waals surface area contributed by atoms with E-state index in [9.17, 15) is 0 Å². The van der Waals surface area contributed by atoms with Crippen LogP contribution in [0.25, 0.3) is 0 Å². The van der Waals surface area contributed by atoms with Gasteiger partial charge >= 0.3 is 0 Å². The first-order valence-electron chi connectivity index (χ1n) is 4.79. The van der Waals surface area contributed by atoms with Gasteiger partial charge in [0.25, 0.3) is 0 Å². The Hall–Kier alpha value is 0.274. The topological polar surface area (TPSA) is 36.9 Å². The molecule has 0 heterocycles. The highest BCUT2D eigenvalue weighted by Gasteiger charge is 2.17. The summed E-state index contributed by atoms with van der Waals surface area (Å²) in [6.07, 6.45) is 0. The van der Waals surface area contributed by atoms with Crippen molar-refractivity contribution in [3.63, 3.8) is 0 Å². The lowest BCUT2D eigenvalue weighted by Crippen LogP contribution is -2.32. The summed E-state index contributed by atoms with van der Waals surface area (Å²) in [6, 6.07) is 0. The van der Waals surface area contributed by atoms with Crippen LogP contribution >= 0.6 is 0 Å². The van der Waals surface area contributed by atoms with E-state index in [2.05, 4.69) is 6.92 Å². The van der Waals surface area contributed by atoms with Crippen molar-refractivity contribution in [2.45, 2.75) is 23.9 Å². The number of ether oxygens (including phenoxy) is 4. The molecule has 0 amide bonds. The van der Waals surface area contributed by atoms with Gasteiger partial charge in [-0.15, -0.1) is 0 Å². The Morgan fingerprint density at radius 2 is 1.00 bits per heavy atom. The van der Waals surface area contributed by atoms with Gasteiger partial charge in [0.05, 0.1) is 19.0 Å². The maximum atomic E-state index is 5.20. The van der Waals surface area contributed by atoms with Crippen LogP contribution in [0.3, 0.4) is 0 Å². The fourth-order valence-electron chi connectivity index (χ4n) is 1.33. The van der Waals surface area contributed by atoms with Crippen LogP contribution in [0, 0.1) is 0 Å². The van der Waals surface area contributed by atoms with E-state index in [0.717, 1.165) is 0 Å². The molecule has 0 aliphatic heterocycles. The average molecular weight is 238 g/mol. The highest BCUT2D eigenvalue weighted by molar-refractivity contribution is 6.59. The van der Waals surface area contributed by atoms with E-state index in [1.165, 1.54) is 0 Å². The first-order chi connectivity index (χ1) is 6.67. The second-order valence-corrected chi connectivity index (χ2v) is 9.60. The van der Waals surface area contributed by atoms with Gasteiger partial charge in [0.2, 0.25) is 0 Å². The Balaban J connectivity index is 3.77. The summed E-state index contributed by atoms with van der Waals surface area (Å²) in [5, 5.41) is 0.713. The molecule has 0 aromatic carbocycles. The molecular weight excluding hydrogens is 216 g/mol. The van der Waals surface area contributed by atoms with Gasteiger partial charge in [-0.3, -0.25) is 0 Å². The highest BCUT2D eigenvalue weighted by Crippen LogP contribution is 2.07. The van der Waals surface area contributed by atoms with Gasteiger partial charge in [0, 0.05) is 28.4 Å². The minimum Gasteiger partial charge on any atom is -0.360 e. The quantitative estimate of drug-likeness (QED) is 0.412. The van der Waals surface area contributed by atoms with Crippen LogP contribution < -0.4 is 0 Å². The Labute approximate surface area is 90.9 Å². The third-order valence-electron chi connectivity index (χ3n) is 2.24. The zero-order chi connectivity index (χ0) is 11.0. The Morgan fingerprint density at radius 1 is 0.714 bits per heavy atom. The smallest absolute Gasteiger partial charge is 0.134 e. The van der Waals surface area contributed by atoms with Crippen LogP contribution in [0.15, 0.2) is 0 Å².